The van der Waals surface area contributed by atoms with Crippen LogP contribution in [-0.4, -0.2) is 31.0 Å². The van der Waals surface area contributed by atoms with Crippen LogP contribution < -0.4 is 10.6 Å². The van der Waals surface area contributed by atoms with E-state index >= 15 is 0 Å². The molecule has 6 heterocycles. The van der Waals surface area contributed by atoms with Gasteiger partial charge in [0.05, 0.1) is 34.2 Å². The fraction of sp³-hybridized carbons (Fsp3) is 0.109. The van der Waals surface area contributed by atoms with Gasteiger partial charge < -0.3 is 19.0 Å². The molecule has 0 amide bonds. The quantitative estimate of drug-likeness (QED) is 0.182. The Morgan fingerprint density at radius 1 is 0.468 bits per heavy atom. The van der Waals surface area contributed by atoms with E-state index in [0.29, 0.717) is 12.1 Å². The van der Waals surface area contributed by atoms with Gasteiger partial charge in [0.25, 0.3) is 0 Å². The summed E-state index contributed by atoms with van der Waals surface area (Å²) in [5.74, 6) is 3.04. The van der Waals surface area contributed by atoms with Gasteiger partial charge in [0, 0.05) is 66.1 Å². The third-order valence-electron chi connectivity index (χ3n) is 13.8. The summed E-state index contributed by atoms with van der Waals surface area (Å²) in [4.78, 5) is 5.38. The molecule has 0 radical (unpaired) electrons. The molecule has 14 rings (SSSR count). The van der Waals surface area contributed by atoms with Gasteiger partial charge >= 0.3 is 0 Å². The van der Waals surface area contributed by atoms with Crippen molar-refractivity contribution in [1.82, 2.24) is 24.3 Å². The molecule has 4 atom stereocenters. The minimum Gasteiger partial charge on any atom is -0.350 e. The number of para-hydroxylation sites is 2. The first-order valence-corrected chi connectivity index (χ1v) is 22.8. The number of benzene rings is 8. The second kappa shape index (κ2) is 13.2. The normalized spacial score (nSPS) is 19.6. The number of amidine groups is 1. The Hall–Kier alpha value is -7.06. The number of rotatable bonds is 5. The van der Waals surface area contributed by atoms with Crippen LogP contribution in [-0.2, 0) is 0 Å². The highest BCUT2D eigenvalue weighted by atomic mass is 32.2. The van der Waals surface area contributed by atoms with Crippen LogP contribution in [0.4, 0.5) is 0 Å². The monoisotopic (exact) mass is 816 g/mol. The smallest absolute Gasteiger partial charge is 0.131 e. The molecule has 0 aliphatic carbocycles. The highest BCUT2D eigenvalue weighted by Gasteiger charge is 2.38. The fourth-order valence-electron chi connectivity index (χ4n) is 11.1. The lowest BCUT2D eigenvalue weighted by atomic mass is 10.0. The summed E-state index contributed by atoms with van der Waals surface area (Å²) in [7, 11) is 0. The van der Waals surface area contributed by atoms with Gasteiger partial charge in [-0.2, -0.15) is 11.8 Å². The average Bonchev–Trinajstić information content (AvgIpc) is 4.11. The van der Waals surface area contributed by atoms with Crippen molar-refractivity contribution >= 4 is 83.0 Å². The SMILES string of the molecule is c1ccc(-c2ccc(C3NC(c4cccc(-n5c6ccc7c8ccccc8n8c7c6c6c5ccc5c7ccccc7n(c56)C5CSCC58)c4)=NC(c4ccccc4)N3)cc2)cc1. The van der Waals surface area contributed by atoms with Gasteiger partial charge in [-0.25, -0.2) is 4.99 Å². The van der Waals surface area contributed by atoms with Crippen LogP contribution in [0.25, 0.3) is 82.2 Å². The van der Waals surface area contributed by atoms with E-state index in [2.05, 4.69) is 218 Å². The summed E-state index contributed by atoms with van der Waals surface area (Å²) in [6.45, 7) is 0. The standard InChI is InChI=1S/C55H40N6S/c1-3-12-33(13-4-1)34-22-24-36(25-23-34)54-56-53(35-14-5-2-6-15-35)57-55(58-54)37-16-11-17-38(30-37)59-45-28-26-41-39-18-7-9-20-43(39)60-47-31-62-32-48(47)61-44-21-10-8-19-40(44)42-27-29-46(59)50(52(42)61)49(45)51(41)60/h1-30,47-48,53-54,56H,31-32H2,(H,57,58). The van der Waals surface area contributed by atoms with Gasteiger partial charge in [0.15, 0.2) is 0 Å². The van der Waals surface area contributed by atoms with Gasteiger partial charge in [0.2, 0.25) is 0 Å². The van der Waals surface area contributed by atoms with Crippen LogP contribution in [0, 0.1) is 0 Å². The number of fused-ring (bicyclic) bond motifs is 9. The van der Waals surface area contributed by atoms with E-state index in [1.165, 1.54) is 76.5 Å². The molecule has 11 aromatic rings. The second-order valence-electron chi connectivity index (χ2n) is 17.1. The zero-order chi connectivity index (χ0) is 40.5. The van der Waals surface area contributed by atoms with Gasteiger partial charge in [0.1, 0.15) is 18.2 Å². The van der Waals surface area contributed by atoms with Crippen LogP contribution >= 0.6 is 11.8 Å². The van der Waals surface area contributed by atoms with Crippen LogP contribution in [0.3, 0.4) is 0 Å². The maximum absolute atomic E-state index is 5.38. The number of nitrogens with zero attached hydrogens (tertiary/aromatic N) is 4. The van der Waals surface area contributed by atoms with Crippen LogP contribution in [0.15, 0.2) is 187 Å². The third-order valence-corrected chi connectivity index (χ3v) is 15.0. The molecule has 7 heteroatoms. The Bertz CT molecular complexity index is 3490. The highest BCUT2D eigenvalue weighted by Crippen LogP contribution is 2.52. The van der Waals surface area contributed by atoms with E-state index in [9.17, 15) is 0 Å². The van der Waals surface area contributed by atoms with E-state index in [-0.39, 0.29) is 12.3 Å². The van der Waals surface area contributed by atoms with Crippen LogP contribution in [0.5, 0.6) is 0 Å². The second-order valence-corrected chi connectivity index (χ2v) is 18.1. The van der Waals surface area contributed by atoms with Gasteiger partial charge in [-0.15, -0.1) is 0 Å². The van der Waals surface area contributed by atoms with E-state index < -0.39 is 0 Å². The minimum absolute atomic E-state index is 0.154. The summed E-state index contributed by atoms with van der Waals surface area (Å²) >= 11 is 2.09. The molecule has 62 heavy (non-hydrogen) atoms. The fourth-order valence-corrected chi connectivity index (χ4v) is 12.5. The van der Waals surface area contributed by atoms with Crippen molar-refractivity contribution in [3.8, 4) is 16.8 Å². The van der Waals surface area contributed by atoms with E-state index in [1.54, 1.807) is 0 Å². The predicted molar refractivity (Wildman–Crippen MR) is 259 cm³/mol. The van der Waals surface area contributed by atoms with Crippen molar-refractivity contribution in [2.24, 2.45) is 4.99 Å². The number of aliphatic imine (C=N–C) groups is 1. The number of aromatic nitrogens is 3. The zero-order valence-corrected chi connectivity index (χ0v) is 34.6. The molecule has 2 N–H and O–H groups in total. The van der Waals surface area contributed by atoms with E-state index in [0.717, 1.165) is 39.7 Å². The van der Waals surface area contributed by atoms with Crippen molar-refractivity contribution in [2.75, 3.05) is 11.5 Å². The van der Waals surface area contributed by atoms with E-state index in [4.69, 9.17) is 4.99 Å². The van der Waals surface area contributed by atoms with Gasteiger partial charge in [-0.3, -0.25) is 5.32 Å². The molecule has 1 fully saturated rings. The summed E-state index contributed by atoms with van der Waals surface area (Å²) in [5, 5.41) is 15.7. The minimum atomic E-state index is -0.229. The van der Waals surface area contributed by atoms with Crippen molar-refractivity contribution in [2.45, 2.75) is 24.4 Å². The number of hydrogen-bond donors (Lipinski definition) is 2. The number of nitrogens with one attached hydrogen (secondary N) is 2. The first kappa shape index (κ1) is 34.6. The lowest BCUT2D eigenvalue weighted by Gasteiger charge is -2.32. The Labute approximate surface area is 362 Å². The molecule has 3 aliphatic heterocycles. The maximum Gasteiger partial charge on any atom is 0.131 e. The molecule has 8 aromatic carbocycles. The summed E-state index contributed by atoms with van der Waals surface area (Å²) in [6, 6.07) is 67.4. The Morgan fingerprint density at radius 2 is 1.03 bits per heavy atom. The average molecular weight is 817 g/mol. The van der Waals surface area contributed by atoms with E-state index in [1.807, 2.05) is 0 Å². The van der Waals surface area contributed by atoms with Crippen LogP contribution in [0.1, 0.15) is 41.1 Å². The largest absolute Gasteiger partial charge is 0.350 e. The first-order valence-electron chi connectivity index (χ1n) is 21.7. The molecule has 4 unspecified atom stereocenters. The number of thioether (sulfide) groups is 1. The number of hydrogen-bond acceptors (Lipinski definition) is 4. The van der Waals surface area contributed by atoms with Crippen molar-refractivity contribution in [3.63, 3.8) is 0 Å². The van der Waals surface area contributed by atoms with Gasteiger partial charge in [-0.1, -0.05) is 146 Å². The maximum atomic E-state index is 5.38. The molecule has 296 valence electrons. The summed E-state index contributed by atoms with van der Waals surface area (Å²) in [6.07, 6.45) is -0.383. The predicted octanol–water partition coefficient (Wildman–Crippen LogP) is 12.8. The van der Waals surface area contributed by atoms with Gasteiger partial charge in [-0.05, 0) is 58.7 Å². The Kier molecular flexibility index (Phi) is 7.38. The lowest BCUT2D eigenvalue weighted by molar-refractivity contribution is 0.409. The Morgan fingerprint density at radius 3 is 1.68 bits per heavy atom. The molecule has 0 spiro atoms. The molecule has 0 saturated carbocycles. The lowest BCUT2D eigenvalue weighted by Crippen LogP contribution is -2.45. The van der Waals surface area contributed by atoms with Crippen molar-refractivity contribution in [3.05, 3.63) is 199 Å². The highest BCUT2D eigenvalue weighted by molar-refractivity contribution is 7.99. The molecule has 3 aromatic heterocycles. The Balaban J connectivity index is 0.989. The summed E-state index contributed by atoms with van der Waals surface area (Å²) in [5.41, 5.74) is 14.7. The summed E-state index contributed by atoms with van der Waals surface area (Å²) < 4.78 is 7.99. The molecule has 3 aliphatic rings. The third kappa shape index (κ3) is 4.89. The molecular weight excluding hydrogens is 777 g/mol. The molecule has 1 saturated heterocycles. The first-order chi connectivity index (χ1) is 30.8. The van der Waals surface area contributed by atoms with Crippen molar-refractivity contribution < 1.29 is 0 Å². The molecule has 6 nitrogen and oxygen atoms in total. The topological polar surface area (TPSA) is 51.2 Å². The molecular formula is C55H40N6S. The van der Waals surface area contributed by atoms with Crippen LogP contribution in [0.2, 0.25) is 0 Å². The molecule has 0 bridgehead atoms. The van der Waals surface area contributed by atoms with Crippen molar-refractivity contribution in [1.29, 1.82) is 0 Å². The zero-order valence-electron chi connectivity index (χ0n) is 33.7.